The number of amides is 2. The maximum atomic E-state index is 13.5. The lowest BCUT2D eigenvalue weighted by molar-refractivity contribution is -0.141. The van der Waals surface area contributed by atoms with E-state index in [2.05, 4.69) is 23.7 Å². The summed E-state index contributed by atoms with van der Waals surface area (Å²) in [7, 11) is 1.56. The third-order valence-corrected chi connectivity index (χ3v) is 6.66. The van der Waals surface area contributed by atoms with Gasteiger partial charge in [-0.25, -0.2) is 4.98 Å². The molecule has 28 heavy (non-hydrogen) atoms. The fraction of sp³-hybridized carbons (Fsp3) is 0.667. The van der Waals surface area contributed by atoms with Crippen molar-refractivity contribution in [1.82, 2.24) is 19.7 Å². The number of methoxy groups -OCH3 is 1. The number of hydrogen-bond donors (Lipinski definition) is 0. The van der Waals surface area contributed by atoms with Crippen molar-refractivity contribution in [2.45, 2.75) is 32.7 Å². The SMILES string of the molecule is COc1ccc(C(=O)N2C[C@@H]3CN(C(C)C)C[C@]3(C(=O)N3CCCC3)C2)cn1. The van der Waals surface area contributed by atoms with E-state index in [4.69, 9.17) is 4.74 Å². The molecule has 1 aromatic rings. The van der Waals surface area contributed by atoms with Crippen molar-refractivity contribution in [2.24, 2.45) is 11.3 Å². The Morgan fingerprint density at radius 1 is 1.14 bits per heavy atom. The van der Waals surface area contributed by atoms with Gasteiger partial charge in [-0.1, -0.05) is 0 Å². The highest BCUT2D eigenvalue weighted by Crippen LogP contribution is 2.45. The average molecular weight is 386 g/mol. The Morgan fingerprint density at radius 3 is 2.50 bits per heavy atom. The van der Waals surface area contributed by atoms with Gasteiger partial charge in [0.05, 0.1) is 18.1 Å². The Hall–Kier alpha value is -2.15. The Kier molecular flexibility index (Phi) is 5.04. The molecule has 2 amide bonds. The zero-order valence-electron chi connectivity index (χ0n) is 17.1. The molecule has 4 heterocycles. The van der Waals surface area contributed by atoms with E-state index in [0.29, 0.717) is 30.6 Å². The van der Waals surface area contributed by atoms with Gasteiger partial charge in [0.25, 0.3) is 5.91 Å². The Morgan fingerprint density at radius 2 is 1.89 bits per heavy atom. The number of nitrogens with zero attached hydrogens (tertiary/aromatic N) is 4. The molecule has 7 nitrogen and oxygen atoms in total. The first-order valence-electron chi connectivity index (χ1n) is 10.3. The van der Waals surface area contributed by atoms with E-state index >= 15 is 0 Å². The van der Waals surface area contributed by atoms with Crippen LogP contribution in [-0.4, -0.2) is 83.9 Å². The lowest BCUT2D eigenvalue weighted by Crippen LogP contribution is -2.49. The summed E-state index contributed by atoms with van der Waals surface area (Å²) in [5, 5.41) is 0. The van der Waals surface area contributed by atoms with Gasteiger partial charge in [-0.3, -0.25) is 14.5 Å². The topological polar surface area (TPSA) is 66.0 Å². The quantitative estimate of drug-likeness (QED) is 0.785. The molecule has 0 N–H and O–H groups in total. The summed E-state index contributed by atoms with van der Waals surface area (Å²) in [4.78, 5) is 37.1. The Bertz CT molecular complexity index is 745. The first-order chi connectivity index (χ1) is 13.4. The van der Waals surface area contributed by atoms with Crippen LogP contribution < -0.4 is 4.74 Å². The summed E-state index contributed by atoms with van der Waals surface area (Å²) in [6, 6.07) is 3.86. The second kappa shape index (κ2) is 7.35. The highest BCUT2D eigenvalue weighted by Gasteiger charge is 2.59. The number of aromatic nitrogens is 1. The number of hydrogen-bond acceptors (Lipinski definition) is 5. The third-order valence-electron chi connectivity index (χ3n) is 6.66. The van der Waals surface area contributed by atoms with Gasteiger partial charge in [0.2, 0.25) is 11.8 Å². The third kappa shape index (κ3) is 3.15. The minimum atomic E-state index is -0.468. The molecular formula is C21H30N4O3. The fourth-order valence-electron chi connectivity index (χ4n) is 5.00. The standard InChI is InChI=1S/C21H30N4O3/c1-15(2)24-11-17-12-25(19(26)16-6-7-18(28-3)22-10-16)14-21(17,13-24)20(27)23-8-4-5-9-23/h6-7,10,15,17H,4-5,8-9,11-14H2,1-3H3/t17-,21-/m0/s1. The Labute approximate surface area is 166 Å². The number of carbonyl (C=O) groups excluding carboxylic acids is 2. The molecule has 3 aliphatic rings. The number of pyridine rings is 1. The van der Waals surface area contributed by atoms with Crippen LogP contribution in [-0.2, 0) is 4.79 Å². The highest BCUT2D eigenvalue weighted by atomic mass is 16.5. The maximum Gasteiger partial charge on any atom is 0.255 e. The van der Waals surface area contributed by atoms with Crippen LogP contribution in [0.15, 0.2) is 18.3 Å². The van der Waals surface area contributed by atoms with Gasteiger partial charge in [0.1, 0.15) is 0 Å². The monoisotopic (exact) mass is 386 g/mol. The van der Waals surface area contributed by atoms with Gasteiger partial charge in [-0.2, -0.15) is 0 Å². The molecule has 0 aromatic carbocycles. The Balaban J connectivity index is 1.57. The molecule has 2 atom stereocenters. The van der Waals surface area contributed by atoms with Gasteiger partial charge in [0.15, 0.2) is 0 Å². The van der Waals surface area contributed by atoms with Crippen LogP contribution in [0.2, 0.25) is 0 Å². The van der Waals surface area contributed by atoms with Crippen molar-refractivity contribution >= 4 is 11.8 Å². The van der Waals surface area contributed by atoms with Crippen LogP contribution in [0.3, 0.4) is 0 Å². The molecule has 0 unspecified atom stereocenters. The van der Waals surface area contributed by atoms with Crippen molar-refractivity contribution in [2.75, 3.05) is 46.4 Å². The molecular weight excluding hydrogens is 356 g/mol. The molecule has 0 radical (unpaired) electrons. The number of carbonyl (C=O) groups is 2. The lowest BCUT2D eigenvalue weighted by atomic mass is 9.79. The molecule has 3 fully saturated rings. The maximum absolute atomic E-state index is 13.5. The number of ether oxygens (including phenoxy) is 1. The summed E-state index contributed by atoms with van der Waals surface area (Å²) < 4.78 is 5.08. The summed E-state index contributed by atoms with van der Waals surface area (Å²) >= 11 is 0. The van der Waals surface area contributed by atoms with Crippen LogP contribution in [0.25, 0.3) is 0 Å². The molecule has 0 bridgehead atoms. The van der Waals surface area contributed by atoms with E-state index in [1.54, 1.807) is 25.4 Å². The molecule has 3 saturated heterocycles. The molecule has 0 aliphatic carbocycles. The molecule has 0 spiro atoms. The van der Waals surface area contributed by atoms with Crippen LogP contribution >= 0.6 is 0 Å². The predicted molar refractivity (Wildman–Crippen MR) is 105 cm³/mol. The van der Waals surface area contributed by atoms with Crippen molar-refractivity contribution in [1.29, 1.82) is 0 Å². The summed E-state index contributed by atoms with van der Waals surface area (Å²) in [5.74, 6) is 0.886. The lowest BCUT2D eigenvalue weighted by Gasteiger charge is -2.33. The summed E-state index contributed by atoms with van der Waals surface area (Å²) in [5.41, 5.74) is 0.0785. The molecule has 1 aromatic heterocycles. The highest BCUT2D eigenvalue weighted by molar-refractivity contribution is 5.95. The van der Waals surface area contributed by atoms with E-state index < -0.39 is 5.41 Å². The second-order valence-corrected chi connectivity index (χ2v) is 8.65. The van der Waals surface area contributed by atoms with Crippen LogP contribution in [0.4, 0.5) is 0 Å². The van der Waals surface area contributed by atoms with Crippen LogP contribution in [0.5, 0.6) is 5.88 Å². The van der Waals surface area contributed by atoms with E-state index in [1.807, 2.05) is 9.80 Å². The van der Waals surface area contributed by atoms with Crippen LogP contribution in [0.1, 0.15) is 37.0 Å². The largest absolute Gasteiger partial charge is 0.481 e. The van der Waals surface area contributed by atoms with Crippen LogP contribution in [0, 0.1) is 11.3 Å². The van der Waals surface area contributed by atoms with E-state index in [0.717, 1.165) is 39.0 Å². The van der Waals surface area contributed by atoms with Gasteiger partial charge >= 0.3 is 0 Å². The molecule has 0 saturated carbocycles. The van der Waals surface area contributed by atoms with Gasteiger partial charge < -0.3 is 14.5 Å². The second-order valence-electron chi connectivity index (χ2n) is 8.65. The summed E-state index contributed by atoms with van der Waals surface area (Å²) in [6.07, 6.45) is 3.73. The molecule has 7 heteroatoms. The smallest absolute Gasteiger partial charge is 0.255 e. The first kappa shape index (κ1) is 19.2. The zero-order valence-corrected chi connectivity index (χ0v) is 17.1. The molecule has 3 aliphatic heterocycles. The number of rotatable bonds is 4. The van der Waals surface area contributed by atoms with Crippen molar-refractivity contribution in [3.63, 3.8) is 0 Å². The normalized spacial score (nSPS) is 27.5. The molecule has 152 valence electrons. The van der Waals surface area contributed by atoms with Gasteiger partial charge in [0, 0.05) is 63.5 Å². The predicted octanol–water partition coefficient (Wildman–Crippen LogP) is 1.49. The molecule has 4 rings (SSSR count). The van der Waals surface area contributed by atoms with E-state index in [1.165, 1.54) is 0 Å². The minimum Gasteiger partial charge on any atom is -0.481 e. The van der Waals surface area contributed by atoms with Crippen molar-refractivity contribution in [3.8, 4) is 5.88 Å². The van der Waals surface area contributed by atoms with Crippen molar-refractivity contribution < 1.29 is 14.3 Å². The fourth-order valence-corrected chi connectivity index (χ4v) is 5.00. The van der Waals surface area contributed by atoms with Gasteiger partial charge in [-0.05, 0) is 32.8 Å². The first-order valence-corrected chi connectivity index (χ1v) is 10.3. The summed E-state index contributed by atoms with van der Waals surface area (Å²) in [6.45, 7) is 8.82. The number of likely N-dealkylation sites (tertiary alicyclic amines) is 3. The minimum absolute atomic E-state index is 0.0470. The zero-order chi connectivity index (χ0) is 19.9. The van der Waals surface area contributed by atoms with Gasteiger partial charge in [-0.15, -0.1) is 0 Å². The van der Waals surface area contributed by atoms with E-state index in [9.17, 15) is 9.59 Å². The average Bonchev–Trinajstić information content (AvgIpc) is 3.41. The van der Waals surface area contributed by atoms with E-state index in [-0.39, 0.29) is 17.7 Å². The van der Waals surface area contributed by atoms with Crippen molar-refractivity contribution in [3.05, 3.63) is 23.9 Å². The number of fused-ring (bicyclic) bond motifs is 1.